The van der Waals surface area contributed by atoms with Crippen molar-refractivity contribution in [2.75, 3.05) is 32.7 Å². The summed E-state index contributed by atoms with van der Waals surface area (Å²) in [5.41, 5.74) is 0.418. The summed E-state index contributed by atoms with van der Waals surface area (Å²) in [5, 5.41) is 0. The Hall–Kier alpha value is -3.06. The quantitative estimate of drug-likeness (QED) is 0.608. The van der Waals surface area contributed by atoms with E-state index in [-0.39, 0.29) is 37.1 Å². The van der Waals surface area contributed by atoms with E-state index in [1.165, 1.54) is 4.90 Å². The van der Waals surface area contributed by atoms with E-state index >= 15 is 0 Å². The van der Waals surface area contributed by atoms with E-state index in [1.807, 2.05) is 53.4 Å². The van der Waals surface area contributed by atoms with Crippen LogP contribution in [0.5, 0.6) is 0 Å². The van der Waals surface area contributed by atoms with Gasteiger partial charge in [0.05, 0.1) is 5.41 Å². The number of carbonyl (C=O) groups excluding carboxylic acids is 3. The van der Waals surface area contributed by atoms with E-state index in [0.717, 1.165) is 24.3 Å². The first-order valence-corrected chi connectivity index (χ1v) is 11.7. The van der Waals surface area contributed by atoms with Gasteiger partial charge in [0.1, 0.15) is 0 Å². The monoisotopic (exact) mass is 448 g/mol. The molecule has 2 fully saturated rings. The van der Waals surface area contributed by atoms with E-state index in [1.54, 1.807) is 6.20 Å². The largest absolute Gasteiger partial charge is 0.340 e. The molecular weight excluding hydrogens is 416 g/mol. The SMILES string of the molecule is CC(C)N1CCN(C(=O)CC2(c3ccccc3)CC(=O)N(CCc3ccccn3)C2=O)CC1. The molecule has 2 aliphatic rings. The molecule has 3 amide bonds. The number of benzene rings is 1. The molecule has 0 aliphatic carbocycles. The molecule has 0 bridgehead atoms. The standard InChI is InChI=1S/C26H32N4O3/c1-20(2)28-14-16-29(17-15-28)23(31)18-26(21-8-4-3-5-9-21)19-24(32)30(25(26)33)13-11-22-10-6-7-12-27-22/h3-10,12,20H,11,13-19H2,1-2H3. The van der Waals surface area contributed by atoms with Crippen LogP contribution in [0.3, 0.4) is 0 Å². The van der Waals surface area contributed by atoms with Gasteiger partial charge in [-0.05, 0) is 31.5 Å². The van der Waals surface area contributed by atoms with Crippen molar-refractivity contribution >= 4 is 17.7 Å². The summed E-state index contributed by atoms with van der Waals surface area (Å²) in [6.07, 6.45) is 2.24. The first-order chi connectivity index (χ1) is 15.9. The molecule has 1 aromatic carbocycles. The lowest BCUT2D eigenvalue weighted by atomic mass is 9.75. The van der Waals surface area contributed by atoms with Crippen LogP contribution >= 0.6 is 0 Å². The second-order valence-electron chi connectivity index (χ2n) is 9.23. The highest BCUT2D eigenvalue weighted by Crippen LogP contribution is 2.40. The Kier molecular flexibility index (Phi) is 6.88. The van der Waals surface area contributed by atoms with Crippen LogP contribution in [0.1, 0.15) is 37.9 Å². The van der Waals surface area contributed by atoms with Crippen molar-refractivity contribution in [1.29, 1.82) is 0 Å². The lowest BCUT2D eigenvalue weighted by Crippen LogP contribution is -2.52. The predicted octanol–water partition coefficient (Wildman–Crippen LogP) is 2.26. The van der Waals surface area contributed by atoms with Crippen LogP contribution in [-0.4, -0.2) is 76.2 Å². The number of pyridine rings is 1. The van der Waals surface area contributed by atoms with Crippen LogP contribution in [0.15, 0.2) is 54.7 Å². The molecule has 7 nitrogen and oxygen atoms in total. The summed E-state index contributed by atoms with van der Waals surface area (Å²) in [4.78, 5) is 49.9. The van der Waals surface area contributed by atoms with Gasteiger partial charge in [0.2, 0.25) is 17.7 Å². The molecule has 2 aliphatic heterocycles. The third kappa shape index (κ3) is 4.83. The number of amides is 3. The highest BCUT2D eigenvalue weighted by Gasteiger charge is 2.54. The molecule has 0 N–H and O–H groups in total. The number of rotatable bonds is 7. The number of carbonyl (C=O) groups is 3. The van der Waals surface area contributed by atoms with Crippen LogP contribution in [0.25, 0.3) is 0 Å². The van der Waals surface area contributed by atoms with Gasteiger partial charge in [0.25, 0.3) is 0 Å². The smallest absolute Gasteiger partial charge is 0.240 e. The van der Waals surface area contributed by atoms with Gasteiger partial charge in [0, 0.05) is 69.9 Å². The molecule has 0 spiro atoms. The first-order valence-electron chi connectivity index (χ1n) is 11.7. The molecule has 174 valence electrons. The van der Waals surface area contributed by atoms with Crippen LogP contribution in [0, 0.1) is 0 Å². The van der Waals surface area contributed by atoms with Gasteiger partial charge in [-0.1, -0.05) is 36.4 Å². The lowest BCUT2D eigenvalue weighted by molar-refractivity contribution is -0.143. The Morgan fingerprint density at radius 2 is 1.70 bits per heavy atom. The normalized spacial score (nSPS) is 21.8. The summed E-state index contributed by atoms with van der Waals surface area (Å²) < 4.78 is 0. The molecule has 1 atom stereocenters. The van der Waals surface area contributed by atoms with Gasteiger partial charge in [-0.3, -0.25) is 29.2 Å². The fourth-order valence-electron chi connectivity index (χ4n) is 4.88. The van der Waals surface area contributed by atoms with Gasteiger partial charge in [-0.2, -0.15) is 0 Å². The van der Waals surface area contributed by atoms with E-state index < -0.39 is 5.41 Å². The molecule has 4 rings (SSSR count). The molecule has 1 aromatic heterocycles. The van der Waals surface area contributed by atoms with E-state index in [9.17, 15) is 14.4 Å². The number of imide groups is 1. The topological polar surface area (TPSA) is 73.8 Å². The summed E-state index contributed by atoms with van der Waals surface area (Å²) >= 11 is 0. The Balaban J connectivity index is 1.53. The highest BCUT2D eigenvalue weighted by atomic mass is 16.2. The number of hydrogen-bond acceptors (Lipinski definition) is 5. The number of hydrogen-bond donors (Lipinski definition) is 0. The van der Waals surface area contributed by atoms with Crippen molar-refractivity contribution in [1.82, 2.24) is 19.7 Å². The molecule has 1 unspecified atom stereocenters. The Labute approximate surface area is 195 Å². The minimum atomic E-state index is -1.14. The average Bonchev–Trinajstić information content (AvgIpc) is 3.08. The van der Waals surface area contributed by atoms with Crippen molar-refractivity contribution < 1.29 is 14.4 Å². The van der Waals surface area contributed by atoms with Crippen LogP contribution < -0.4 is 0 Å². The molecule has 33 heavy (non-hydrogen) atoms. The van der Waals surface area contributed by atoms with E-state index in [4.69, 9.17) is 0 Å². The number of piperazine rings is 1. The van der Waals surface area contributed by atoms with Crippen LogP contribution in [0.2, 0.25) is 0 Å². The molecular formula is C26H32N4O3. The molecule has 0 radical (unpaired) electrons. The molecule has 7 heteroatoms. The second kappa shape index (κ2) is 9.83. The third-order valence-corrected chi connectivity index (χ3v) is 6.90. The Morgan fingerprint density at radius 1 is 1.00 bits per heavy atom. The molecule has 3 heterocycles. The fourth-order valence-corrected chi connectivity index (χ4v) is 4.88. The zero-order valence-corrected chi connectivity index (χ0v) is 19.4. The predicted molar refractivity (Wildman–Crippen MR) is 125 cm³/mol. The summed E-state index contributed by atoms with van der Waals surface area (Å²) in [6, 6.07) is 15.4. The van der Waals surface area contributed by atoms with Crippen molar-refractivity contribution in [3.05, 3.63) is 66.0 Å². The van der Waals surface area contributed by atoms with Gasteiger partial charge < -0.3 is 4.90 Å². The maximum absolute atomic E-state index is 13.7. The summed E-state index contributed by atoms with van der Waals surface area (Å²) in [6.45, 7) is 7.52. The maximum Gasteiger partial charge on any atom is 0.240 e. The van der Waals surface area contributed by atoms with Crippen LogP contribution in [-0.2, 0) is 26.2 Å². The van der Waals surface area contributed by atoms with Gasteiger partial charge >= 0.3 is 0 Å². The molecule has 2 aromatic rings. The van der Waals surface area contributed by atoms with Gasteiger partial charge in [-0.25, -0.2) is 0 Å². The van der Waals surface area contributed by atoms with E-state index in [0.29, 0.717) is 25.6 Å². The summed E-state index contributed by atoms with van der Waals surface area (Å²) in [5.74, 6) is -0.559. The minimum Gasteiger partial charge on any atom is -0.340 e. The third-order valence-electron chi connectivity index (χ3n) is 6.90. The number of likely N-dealkylation sites (tertiary alicyclic amines) is 1. The maximum atomic E-state index is 13.7. The fraction of sp³-hybridized carbons (Fsp3) is 0.462. The average molecular weight is 449 g/mol. The highest BCUT2D eigenvalue weighted by molar-refractivity contribution is 6.10. The van der Waals surface area contributed by atoms with Crippen molar-refractivity contribution in [3.8, 4) is 0 Å². The lowest BCUT2D eigenvalue weighted by Gasteiger charge is -2.38. The van der Waals surface area contributed by atoms with Crippen molar-refractivity contribution in [2.24, 2.45) is 0 Å². The molecule has 0 saturated carbocycles. The Morgan fingerprint density at radius 3 is 2.33 bits per heavy atom. The van der Waals surface area contributed by atoms with Crippen LogP contribution in [0.4, 0.5) is 0 Å². The van der Waals surface area contributed by atoms with E-state index in [2.05, 4.69) is 23.7 Å². The zero-order chi connectivity index (χ0) is 23.4. The number of aromatic nitrogens is 1. The minimum absolute atomic E-state index is 0.0172. The molecule has 2 saturated heterocycles. The zero-order valence-electron chi connectivity index (χ0n) is 19.4. The van der Waals surface area contributed by atoms with Gasteiger partial charge in [0.15, 0.2) is 0 Å². The Bertz CT molecular complexity index is 987. The van der Waals surface area contributed by atoms with Crippen molar-refractivity contribution in [3.63, 3.8) is 0 Å². The van der Waals surface area contributed by atoms with Crippen molar-refractivity contribution in [2.45, 2.75) is 44.6 Å². The first kappa shape index (κ1) is 23.1. The van der Waals surface area contributed by atoms with Gasteiger partial charge in [-0.15, -0.1) is 0 Å². The number of nitrogens with zero attached hydrogens (tertiary/aromatic N) is 4. The second-order valence-corrected chi connectivity index (χ2v) is 9.23. The summed E-state index contributed by atoms with van der Waals surface area (Å²) in [7, 11) is 0.